The topological polar surface area (TPSA) is 81.4 Å². The fourth-order valence-corrected chi connectivity index (χ4v) is 2.89. The molecule has 110 valence electrons. The number of hydrogen-bond donors (Lipinski definition) is 2. The summed E-state index contributed by atoms with van der Waals surface area (Å²) < 4.78 is 5.99. The van der Waals surface area contributed by atoms with Gasteiger partial charge in [0.2, 0.25) is 5.91 Å². The van der Waals surface area contributed by atoms with Gasteiger partial charge in [0.25, 0.3) is 0 Å². The van der Waals surface area contributed by atoms with Gasteiger partial charge < -0.3 is 15.8 Å². The standard InChI is InChI=1S/C13H16Br2N2O3/c1-13(2,16)6-10(18)17-11-8(12(19)20-3)4-7(14)5-9(11)15/h4-5H,6,16H2,1-3H3,(H,17,18). The van der Waals surface area contributed by atoms with Crippen LogP contribution in [0.15, 0.2) is 21.1 Å². The summed E-state index contributed by atoms with van der Waals surface area (Å²) in [6, 6.07) is 3.31. The van der Waals surface area contributed by atoms with Gasteiger partial charge in [-0.1, -0.05) is 15.9 Å². The third-order valence-electron chi connectivity index (χ3n) is 2.34. The summed E-state index contributed by atoms with van der Waals surface area (Å²) in [7, 11) is 1.28. The SMILES string of the molecule is COC(=O)c1cc(Br)cc(Br)c1NC(=O)CC(C)(C)N. The van der Waals surface area contributed by atoms with Gasteiger partial charge in [0.1, 0.15) is 0 Å². The molecule has 0 radical (unpaired) electrons. The Morgan fingerprint density at radius 3 is 2.45 bits per heavy atom. The van der Waals surface area contributed by atoms with Crippen LogP contribution in [0.5, 0.6) is 0 Å². The van der Waals surface area contributed by atoms with Gasteiger partial charge in [0, 0.05) is 20.9 Å². The lowest BCUT2D eigenvalue weighted by atomic mass is 10.0. The van der Waals surface area contributed by atoms with Gasteiger partial charge in [0.05, 0.1) is 18.4 Å². The Balaban J connectivity index is 3.11. The van der Waals surface area contributed by atoms with E-state index < -0.39 is 11.5 Å². The second-order valence-electron chi connectivity index (χ2n) is 5.02. The number of ether oxygens (including phenoxy) is 1. The van der Waals surface area contributed by atoms with Crippen molar-refractivity contribution in [3.05, 3.63) is 26.6 Å². The van der Waals surface area contributed by atoms with Gasteiger partial charge in [-0.25, -0.2) is 4.79 Å². The van der Waals surface area contributed by atoms with Crippen LogP contribution >= 0.6 is 31.9 Å². The Kier molecular flexibility index (Phi) is 5.73. The molecule has 0 aromatic heterocycles. The van der Waals surface area contributed by atoms with Gasteiger partial charge in [-0.3, -0.25) is 4.79 Å². The van der Waals surface area contributed by atoms with Crippen molar-refractivity contribution in [2.75, 3.05) is 12.4 Å². The predicted octanol–water partition coefficient (Wildman–Crippen LogP) is 3.06. The number of carbonyl (C=O) groups is 2. The first kappa shape index (κ1) is 17.1. The van der Waals surface area contributed by atoms with Crippen LogP contribution in [0.1, 0.15) is 30.6 Å². The number of esters is 1. The molecule has 0 aliphatic carbocycles. The van der Waals surface area contributed by atoms with Crippen LogP contribution < -0.4 is 11.1 Å². The van der Waals surface area contributed by atoms with Crippen molar-refractivity contribution < 1.29 is 14.3 Å². The van der Waals surface area contributed by atoms with Gasteiger partial charge in [-0.15, -0.1) is 0 Å². The Morgan fingerprint density at radius 1 is 1.35 bits per heavy atom. The zero-order chi connectivity index (χ0) is 15.5. The van der Waals surface area contributed by atoms with E-state index >= 15 is 0 Å². The summed E-state index contributed by atoms with van der Waals surface area (Å²) in [5.74, 6) is -0.806. The molecule has 5 nitrogen and oxygen atoms in total. The molecule has 0 bridgehead atoms. The van der Waals surface area contributed by atoms with Crippen LogP contribution in [0.2, 0.25) is 0 Å². The molecule has 0 aliphatic heterocycles. The molecule has 0 saturated carbocycles. The average molecular weight is 408 g/mol. The monoisotopic (exact) mass is 406 g/mol. The van der Waals surface area contributed by atoms with Crippen LogP contribution in [0.25, 0.3) is 0 Å². The van der Waals surface area contributed by atoms with Crippen molar-refractivity contribution in [1.82, 2.24) is 0 Å². The third kappa shape index (κ3) is 4.88. The third-order valence-corrected chi connectivity index (χ3v) is 3.42. The number of nitrogens with two attached hydrogens (primary N) is 1. The highest BCUT2D eigenvalue weighted by Crippen LogP contribution is 2.31. The number of methoxy groups -OCH3 is 1. The molecule has 1 rings (SSSR count). The first-order valence-electron chi connectivity index (χ1n) is 5.80. The number of carbonyl (C=O) groups excluding carboxylic acids is 2. The Bertz CT molecular complexity index is 539. The summed E-state index contributed by atoms with van der Waals surface area (Å²) in [4.78, 5) is 23.7. The quantitative estimate of drug-likeness (QED) is 0.751. The summed E-state index contributed by atoms with van der Waals surface area (Å²) in [6.45, 7) is 3.51. The first-order chi connectivity index (χ1) is 9.14. The maximum Gasteiger partial charge on any atom is 0.340 e. The zero-order valence-corrected chi connectivity index (χ0v) is 14.6. The number of hydrogen-bond acceptors (Lipinski definition) is 4. The summed E-state index contributed by atoms with van der Waals surface area (Å²) in [5, 5.41) is 2.69. The maximum atomic E-state index is 12.0. The molecule has 3 N–H and O–H groups in total. The Morgan fingerprint density at radius 2 is 1.95 bits per heavy atom. The molecular formula is C13H16Br2N2O3. The van der Waals surface area contributed by atoms with E-state index in [-0.39, 0.29) is 17.9 Å². The molecule has 0 atom stereocenters. The molecule has 0 saturated heterocycles. The van der Waals surface area contributed by atoms with Crippen molar-refractivity contribution in [1.29, 1.82) is 0 Å². The molecule has 0 unspecified atom stereocenters. The number of anilines is 1. The lowest BCUT2D eigenvalue weighted by Crippen LogP contribution is -2.36. The van der Waals surface area contributed by atoms with E-state index in [4.69, 9.17) is 10.5 Å². The summed E-state index contributed by atoms with van der Waals surface area (Å²) in [6.07, 6.45) is 0.135. The van der Waals surface area contributed by atoms with Gasteiger partial charge >= 0.3 is 5.97 Å². The van der Waals surface area contributed by atoms with Crippen molar-refractivity contribution in [3.63, 3.8) is 0 Å². The molecule has 7 heteroatoms. The molecule has 1 aromatic rings. The second kappa shape index (κ2) is 6.69. The smallest absolute Gasteiger partial charge is 0.340 e. The highest BCUT2D eigenvalue weighted by Gasteiger charge is 2.21. The van der Waals surface area contributed by atoms with Crippen molar-refractivity contribution >= 4 is 49.4 Å². The highest BCUT2D eigenvalue weighted by atomic mass is 79.9. The molecule has 1 aromatic carbocycles. The fourth-order valence-electron chi connectivity index (χ4n) is 1.57. The lowest BCUT2D eigenvalue weighted by Gasteiger charge is -2.19. The number of benzene rings is 1. The highest BCUT2D eigenvalue weighted by molar-refractivity contribution is 9.11. The Labute approximate surface area is 134 Å². The van der Waals surface area contributed by atoms with E-state index in [0.717, 1.165) is 0 Å². The van der Waals surface area contributed by atoms with E-state index in [1.54, 1.807) is 26.0 Å². The minimum absolute atomic E-state index is 0.135. The molecule has 0 aliphatic rings. The van der Waals surface area contributed by atoms with Crippen molar-refractivity contribution in [2.45, 2.75) is 25.8 Å². The van der Waals surface area contributed by atoms with E-state index in [9.17, 15) is 9.59 Å². The fraction of sp³-hybridized carbons (Fsp3) is 0.385. The number of rotatable bonds is 4. The summed E-state index contributed by atoms with van der Waals surface area (Å²) in [5.41, 5.74) is 5.81. The number of halogens is 2. The van der Waals surface area contributed by atoms with Crippen LogP contribution in [0.3, 0.4) is 0 Å². The minimum atomic E-state index is -0.628. The maximum absolute atomic E-state index is 12.0. The van der Waals surface area contributed by atoms with Crippen LogP contribution in [-0.4, -0.2) is 24.5 Å². The van der Waals surface area contributed by atoms with Gasteiger partial charge in [0.15, 0.2) is 0 Å². The molecule has 0 fully saturated rings. The van der Waals surface area contributed by atoms with Crippen LogP contribution in [-0.2, 0) is 9.53 Å². The van der Waals surface area contributed by atoms with Crippen molar-refractivity contribution in [3.8, 4) is 0 Å². The molecule has 1 amide bonds. The second-order valence-corrected chi connectivity index (χ2v) is 6.79. The normalized spacial score (nSPS) is 11.1. The lowest BCUT2D eigenvalue weighted by molar-refractivity contribution is -0.117. The van der Waals surface area contributed by atoms with E-state index in [1.165, 1.54) is 7.11 Å². The van der Waals surface area contributed by atoms with Crippen molar-refractivity contribution in [2.24, 2.45) is 5.73 Å². The average Bonchev–Trinajstić information content (AvgIpc) is 2.29. The number of amides is 1. The van der Waals surface area contributed by atoms with Gasteiger partial charge in [-0.2, -0.15) is 0 Å². The summed E-state index contributed by atoms with van der Waals surface area (Å²) >= 11 is 6.61. The Hall–Kier alpha value is -0.920. The minimum Gasteiger partial charge on any atom is -0.465 e. The largest absolute Gasteiger partial charge is 0.465 e. The van der Waals surface area contributed by atoms with Gasteiger partial charge in [-0.05, 0) is 41.9 Å². The molecular weight excluding hydrogens is 392 g/mol. The molecule has 0 heterocycles. The first-order valence-corrected chi connectivity index (χ1v) is 7.39. The van der Waals surface area contributed by atoms with E-state index in [0.29, 0.717) is 14.6 Å². The molecule has 20 heavy (non-hydrogen) atoms. The van der Waals surface area contributed by atoms with E-state index in [1.807, 2.05) is 0 Å². The van der Waals surface area contributed by atoms with E-state index in [2.05, 4.69) is 37.2 Å². The predicted molar refractivity (Wildman–Crippen MR) is 84.7 cm³/mol. The zero-order valence-electron chi connectivity index (χ0n) is 11.4. The molecule has 0 spiro atoms. The number of nitrogens with one attached hydrogen (secondary N) is 1. The van der Waals surface area contributed by atoms with Crippen LogP contribution in [0.4, 0.5) is 5.69 Å². The van der Waals surface area contributed by atoms with Crippen LogP contribution in [0, 0.1) is 0 Å².